The van der Waals surface area contributed by atoms with E-state index in [0.717, 1.165) is 25.9 Å². The van der Waals surface area contributed by atoms with Crippen LogP contribution < -0.4 is 15.8 Å². The van der Waals surface area contributed by atoms with Crippen molar-refractivity contribution in [3.05, 3.63) is 26.0 Å². The van der Waals surface area contributed by atoms with E-state index in [2.05, 4.69) is 0 Å². The summed E-state index contributed by atoms with van der Waals surface area (Å²) < 4.78 is 0. The molecule has 1 aliphatic heterocycles. The summed E-state index contributed by atoms with van der Waals surface area (Å²) in [6.07, 6.45) is 2.27. The van der Waals surface area contributed by atoms with Gasteiger partial charge in [0.2, 0.25) is 10.9 Å². The fraction of sp³-hybridized carbons (Fsp3) is 0.556. The van der Waals surface area contributed by atoms with Gasteiger partial charge in [-0.3, -0.25) is 9.59 Å². The second-order valence-corrected chi connectivity index (χ2v) is 3.33. The molecule has 0 radical (unpaired) electrons. The van der Waals surface area contributed by atoms with E-state index in [1.165, 1.54) is 0 Å². The second-order valence-electron chi connectivity index (χ2n) is 3.33. The molecule has 64 valence electrons. The molecule has 3 nitrogen and oxygen atoms in total. The Labute approximate surface area is 70.3 Å². The molecule has 1 aliphatic rings. The molecule has 0 atom stereocenters. The van der Waals surface area contributed by atoms with Gasteiger partial charge in [-0.25, -0.2) is 0 Å². The quantitative estimate of drug-likeness (QED) is 0.557. The van der Waals surface area contributed by atoms with Gasteiger partial charge < -0.3 is 4.90 Å². The molecule has 2 rings (SSSR count). The maximum Gasteiger partial charge on any atom is 0.249 e. The Kier molecular flexibility index (Phi) is 1.53. The highest BCUT2D eigenvalue weighted by atomic mass is 16.2. The van der Waals surface area contributed by atoms with Crippen molar-refractivity contribution in [2.75, 3.05) is 18.0 Å². The van der Waals surface area contributed by atoms with E-state index in [1.807, 2.05) is 4.90 Å². The molecule has 0 amide bonds. The summed E-state index contributed by atoms with van der Waals surface area (Å²) in [7, 11) is 0. The number of hydrogen-bond donors (Lipinski definition) is 0. The summed E-state index contributed by atoms with van der Waals surface area (Å²) in [6.45, 7) is 3.61. The van der Waals surface area contributed by atoms with Crippen LogP contribution >= 0.6 is 0 Å². The lowest BCUT2D eigenvalue weighted by Crippen LogP contribution is -2.41. The van der Waals surface area contributed by atoms with Crippen molar-refractivity contribution in [1.29, 1.82) is 0 Å². The zero-order chi connectivity index (χ0) is 8.72. The van der Waals surface area contributed by atoms with Crippen molar-refractivity contribution in [3.63, 3.8) is 0 Å². The first-order chi connectivity index (χ1) is 5.72. The second kappa shape index (κ2) is 2.44. The van der Waals surface area contributed by atoms with Crippen LogP contribution in [-0.2, 0) is 0 Å². The highest BCUT2D eigenvalue weighted by Crippen LogP contribution is 2.18. The molecule has 1 fully saturated rings. The average molecular weight is 165 g/mol. The van der Waals surface area contributed by atoms with Crippen LogP contribution in [0.5, 0.6) is 0 Å². The molecule has 0 unspecified atom stereocenters. The zero-order valence-electron chi connectivity index (χ0n) is 7.09. The Balaban J connectivity index is 2.35. The van der Waals surface area contributed by atoms with Gasteiger partial charge in [0.1, 0.15) is 0 Å². The summed E-state index contributed by atoms with van der Waals surface area (Å²) in [5.41, 5.74) is 0.755. The fourth-order valence-electron chi connectivity index (χ4n) is 1.81. The maximum absolute atomic E-state index is 11.1. The van der Waals surface area contributed by atoms with Gasteiger partial charge in [0.15, 0.2) is 0 Å². The Bertz CT molecular complexity index is 368. The lowest BCUT2D eigenvalue weighted by atomic mass is 10.1. The molecule has 3 heteroatoms. The first kappa shape index (κ1) is 7.53. The van der Waals surface area contributed by atoms with Gasteiger partial charge in [-0.1, -0.05) is 0 Å². The van der Waals surface area contributed by atoms with Crippen molar-refractivity contribution in [2.24, 2.45) is 0 Å². The van der Waals surface area contributed by atoms with Gasteiger partial charge >= 0.3 is 0 Å². The van der Waals surface area contributed by atoms with Crippen molar-refractivity contribution < 1.29 is 0 Å². The summed E-state index contributed by atoms with van der Waals surface area (Å²) >= 11 is 0. The number of nitrogens with zero attached hydrogens (tertiary/aromatic N) is 1. The van der Waals surface area contributed by atoms with Crippen molar-refractivity contribution in [3.8, 4) is 0 Å². The molecule has 0 saturated carbocycles. The predicted octanol–water partition coefficient (Wildman–Crippen LogP) is 0.191. The lowest BCUT2D eigenvalue weighted by molar-refractivity contribution is 0.937. The molecule has 0 spiro atoms. The smallest absolute Gasteiger partial charge is 0.249 e. The SMILES string of the molecule is Cc1c(N2CCCC2)c(=O)c1=O. The van der Waals surface area contributed by atoms with E-state index in [4.69, 9.17) is 0 Å². The molecule has 1 heterocycles. The third-order valence-corrected chi connectivity index (χ3v) is 2.54. The van der Waals surface area contributed by atoms with Gasteiger partial charge in [0.05, 0.1) is 5.69 Å². The Morgan fingerprint density at radius 2 is 1.67 bits per heavy atom. The summed E-state index contributed by atoms with van der Waals surface area (Å²) in [4.78, 5) is 24.0. The number of anilines is 1. The molecule has 0 bridgehead atoms. The van der Waals surface area contributed by atoms with Crippen LogP contribution in [0, 0.1) is 6.92 Å². The van der Waals surface area contributed by atoms with E-state index in [0.29, 0.717) is 11.3 Å². The Morgan fingerprint density at radius 1 is 1.08 bits per heavy atom. The molecule has 0 N–H and O–H groups in total. The summed E-state index contributed by atoms with van der Waals surface area (Å²) in [6, 6.07) is 0. The van der Waals surface area contributed by atoms with Gasteiger partial charge in [0.25, 0.3) is 0 Å². The van der Waals surface area contributed by atoms with E-state index in [1.54, 1.807) is 6.92 Å². The first-order valence-corrected chi connectivity index (χ1v) is 4.26. The molecule has 0 aliphatic carbocycles. The molecule has 0 aromatic heterocycles. The monoisotopic (exact) mass is 165 g/mol. The number of hydrogen-bond acceptors (Lipinski definition) is 3. The topological polar surface area (TPSA) is 37.4 Å². The van der Waals surface area contributed by atoms with E-state index in [-0.39, 0.29) is 10.9 Å². The van der Waals surface area contributed by atoms with E-state index < -0.39 is 0 Å². The molecule has 1 saturated heterocycles. The van der Waals surface area contributed by atoms with Crippen LogP contribution in [0.15, 0.2) is 9.59 Å². The first-order valence-electron chi connectivity index (χ1n) is 4.26. The molecule has 1 aromatic carbocycles. The predicted molar refractivity (Wildman–Crippen MR) is 47.5 cm³/mol. The third-order valence-electron chi connectivity index (χ3n) is 2.54. The largest absolute Gasteiger partial charge is 0.368 e. The summed E-state index contributed by atoms with van der Waals surface area (Å²) in [5.74, 6) is 0. The van der Waals surface area contributed by atoms with Gasteiger partial charge in [-0.15, -0.1) is 0 Å². The van der Waals surface area contributed by atoms with E-state index >= 15 is 0 Å². The standard InChI is InChI=1S/C9H11NO2/c1-6-7(9(12)8(6)11)10-4-2-3-5-10/h2-5H2,1H3. The van der Waals surface area contributed by atoms with Crippen LogP contribution in [0.4, 0.5) is 5.69 Å². The van der Waals surface area contributed by atoms with Gasteiger partial charge in [-0.05, 0) is 19.8 Å². The normalized spacial score (nSPS) is 17.6. The number of rotatable bonds is 1. The summed E-state index contributed by atoms with van der Waals surface area (Å²) in [5, 5.41) is 0. The third kappa shape index (κ3) is 0.823. The van der Waals surface area contributed by atoms with Gasteiger partial charge in [-0.2, -0.15) is 0 Å². The molecular weight excluding hydrogens is 154 g/mol. The van der Waals surface area contributed by atoms with Crippen molar-refractivity contribution in [2.45, 2.75) is 19.8 Å². The molecular formula is C9H11NO2. The van der Waals surface area contributed by atoms with Crippen LogP contribution in [-0.4, -0.2) is 13.1 Å². The van der Waals surface area contributed by atoms with Crippen molar-refractivity contribution >= 4 is 5.69 Å². The zero-order valence-corrected chi connectivity index (χ0v) is 7.09. The fourth-order valence-corrected chi connectivity index (χ4v) is 1.81. The minimum atomic E-state index is -0.295. The Hall–Kier alpha value is -1.12. The molecule has 12 heavy (non-hydrogen) atoms. The van der Waals surface area contributed by atoms with Crippen molar-refractivity contribution in [1.82, 2.24) is 0 Å². The maximum atomic E-state index is 11.1. The highest BCUT2D eigenvalue weighted by molar-refractivity contribution is 5.58. The average Bonchev–Trinajstić information content (AvgIpc) is 2.57. The van der Waals surface area contributed by atoms with E-state index in [9.17, 15) is 9.59 Å². The Morgan fingerprint density at radius 3 is 2.17 bits per heavy atom. The van der Waals surface area contributed by atoms with Crippen LogP contribution in [0.1, 0.15) is 18.4 Å². The van der Waals surface area contributed by atoms with Crippen LogP contribution in [0.25, 0.3) is 0 Å². The van der Waals surface area contributed by atoms with Crippen LogP contribution in [0.2, 0.25) is 0 Å². The highest BCUT2D eigenvalue weighted by Gasteiger charge is 2.24. The lowest BCUT2D eigenvalue weighted by Gasteiger charge is -2.19. The van der Waals surface area contributed by atoms with Gasteiger partial charge in [0, 0.05) is 18.7 Å². The van der Waals surface area contributed by atoms with Crippen LogP contribution in [0.3, 0.4) is 0 Å². The molecule has 1 aromatic rings. The minimum Gasteiger partial charge on any atom is -0.368 e. The minimum absolute atomic E-state index is 0.283.